The van der Waals surface area contributed by atoms with Gasteiger partial charge in [0.05, 0.1) is 21.1 Å². The topological polar surface area (TPSA) is 20.7 Å². The summed E-state index contributed by atoms with van der Waals surface area (Å²) in [7, 11) is 0. The first-order chi connectivity index (χ1) is 8.56. The maximum Gasteiger partial charge on any atom is 0.178 e. The molecule has 0 unspecified atom stereocenters. The Morgan fingerprint density at radius 3 is 2.44 bits per heavy atom. The highest BCUT2D eigenvalue weighted by Crippen LogP contribution is 2.28. The molecule has 2 aromatic rings. The lowest BCUT2D eigenvalue weighted by Gasteiger charge is -2.13. The van der Waals surface area contributed by atoms with Gasteiger partial charge in [-0.05, 0) is 30.3 Å². The van der Waals surface area contributed by atoms with Gasteiger partial charge in [-0.3, -0.25) is 0 Å². The number of fused-ring (bicyclic) bond motifs is 1. The van der Waals surface area contributed by atoms with Gasteiger partial charge >= 0.3 is 0 Å². The Morgan fingerprint density at radius 1 is 1.22 bits per heavy atom. The molecule has 5 heteroatoms. The molecule has 1 heterocycles. The smallest absolute Gasteiger partial charge is 0.178 e. The highest BCUT2D eigenvalue weighted by molar-refractivity contribution is 7.71. The fourth-order valence-electron chi connectivity index (χ4n) is 2.14. The van der Waals surface area contributed by atoms with Crippen LogP contribution in [0.25, 0.3) is 11.0 Å². The van der Waals surface area contributed by atoms with Crippen molar-refractivity contribution in [3.63, 3.8) is 0 Å². The van der Waals surface area contributed by atoms with E-state index in [0.717, 1.165) is 35.2 Å². The molecule has 0 atom stereocenters. The minimum atomic E-state index is 0.551. The molecule has 1 aromatic carbocycles. The number of aromatic amines is 1. The third-order valence-electron chi connectivity index (χ3n) is 3.41. The van der Waals surface area contributed by atoms with Crippen LogP contribution in [0, 0.1) is 10.7 Å². The second-order valence-electron chi connectivity index (χ2n) is 4.51. The maximum atomic E-state index is 6.08. The van der Waals surface area contributed by atoms with Gasteiger partial charge in [-0.2, -0.15) is 0 Å². The summed E-state index contributed by atoms with van der Waals surface area (Å²) in [5.74, 6) is 0.630. The number of halogens is 2. The summed E-state index contributed by atoms with van der Waals surface area (Å²) in [6, 6.07) is 3.71. The molecule has 2 nitrogen and oxygen atoms in total. The molecule has 2 rings (SSSR count). The summed E-state index contributed by atoms with van der Waals surface area (Å²) in [5.41, 5.74) is 1.97. The fourth-order valence-corrected chi connectivity index (χ4v) is 2.74. The first-order valence-corrected chi connectivity index (χ1v) is 7.30. The van der Waals surface area contributed by atoms with E-state index in [1.54, 1.807) is 0 Å². The zero-order valence-corrected chi connectivity index (χ0v) is 12.8. The summed E-state index contributed by atoms with van der Waals surface area (Å²) >= 11 is 17.5. The lowest BCUT2D eigenvalue weighted by molar-refractivity contribution is 0.422. The van der Waals surface area contributed by atoms with E-state index >= 15 is 0 Å². The number of hydrogen-bond donors (Lipinski definition) is 1. The average molecular weight is 303 g/mol. The standard InChI is InChI=1S/C13H16Cl2N2S/c1-3-8(4-2)7-17-12-6-10(15)9(14)5-11(12)16-13(17)18/h5-6,8H,3-4,7H2,1-2H3,(H,16,18). The van der Waals surface area contributed by atoms with E-state index < -0.39 is 0 Å². The largest absolute Gasteiger partial charge is 0.331 e. The van der Waals surface area contributed by atoms with E-state index in [2.05, 4.69) is 23.4 Å². The average Bonchev–Trinajstić information content (AvgIpc) is 2.63. The Kier molecular flexibility index (Phi) is 4.36. The van der Waals surface area contributed by atoms with Gasteiger partial charge in [0, 0.05) is 6.54 Å². The molecule has 0 spiro atoms. The second kappa shape index (κ2) is 5.64. The van der Waals surface area contributed by atoms with Crippen LogP contribution in [-0.4, -0.2) is 9.55 Å². The lowest BCUT2D eigenvalue weighted by atomic mass is 10.0. The van der Waals surface area contributed by atoms with E-state index in [4.69, 9.17) is 35.4 Å². The number of rotatable bonds is 4. The van der Waals surface area contributed by atoms with Crippen molar-refractivity contribution in [3.05, 3.63) is 26.9 Å². The van der Waals surface area contributed by atoms with E-state index in [0.29, 0.717) is 16.0 Å². The summed E-state index contributed by atoms with van der Waals surface area (Å²) in [6.07, 6.45) is 2.29. The van der Waals surface area contributed by atoms with Gasteiger partial charge in [-0.25, -0.2) is 0 Å². The number of hydrogen-bond acceptors (Lipinski definition) is 1. The molecule has 0 aliphatic heterocycles. The van der Waals surface area contributed by atoms with Crippen LogP contribution < -0.4 is 0 Å². The SMILES string of the molecule is CCC(CC)Cn1c(=S)[nH]c2cc(Cl)c(Cl)cc21. The Balaban J connectivity index is 2.53. The molecular weight excluding hydrogens is 287 g/mol. The minimum Gasteiger partial charge on any atom is -0.331 e. The summed E-state index contributed by atoms with van der Waals surface area (Å²) in [4.78, 5) is 3.18. The van der Waals surface area contributed by atoms with Crippen LogP contribution in [0.1, 0.15) is 26.7 Å². The molecule has 0 saturated carbocycles. The Labute approximate surface area is 122 Å². The van der Waals surface area contributed by atoms with Gasteiger partial charge in [-0.15, -0.1) is 0 Å². The van der Waals surface area contributed by atoms with Gasteiger partial charge in [0.15, 0.2) is 4.77 Å². The molecule has 98 valence electrons. The monoisotopic (exact) mass is 302 g/mol. The molecule has 0 saturated heterocycles. The first kappa shape index (κ1) is 13.9. The second-order valence-corrected chi connectivity index (χ2v) is 5.71. The zero-order chi connectivity index (χ0) is 13.3. The number of benzene rings is 1. The molecule has 1 N–H and O–H groups in total. The van der Waals surface area contributed by atoms with E-state index in [-0.39, 0.29) is 0 Å². The van der Waals surface area contributed by atoms with Crippen molar-refractivity contribution in [2.24, 2.45) is 5.92 Å². The van der Waals surface area contributed by atoms with Crippen molar-refractivity contribution < 1.29 is 0 Å². The Morgan fingerprint density at radius 2 is 1.83 bits per heavy atom. The molecule has 0 amide bonds. The number of aromatic nitrogens is 2. The predicted molar refractivity (Wildman–Crippen MR) is 81.2 cm³/mol. The summed E-state index contributed by atoms with van der Waals surface area (Å²) in [6.45, 7) is 5.33. The van der Waals surface area contributed by atoms with Crippen LogP contribution in [-0.2, 0) is 6.54 Å². The van der Waals surface area contributed by atoms with Crippen LogP contribution in [0.15, 0.2) is 12.1 Å². The predicted octanol–water partition coefficient (Wildman–Crippen LogP) is 5.44. The molecular formula is C13H16Cl2N2S. The number of nitrogens with zero attached hydrogens (tertiary/aromatic N) is 1. The van der Waals surface area contributed by atoms with E-state index in [9.17, 15) is 0 Å². The molecule has 0 radical (unpaired) electrons. The normalized spacial score (nSPS) is 11.6. The Hall–Kier alpha value is -0.510. The minimum absolute atomic E-state index is 0.551. The van der Waals surface area contributed by atoms with E-state index in [1.807, 2.05) is 12.1 Å². The highest BCUT2D eigenvalue weighted by atomic mass is 35.5. The third-order valence-corrected chi connectivity index (χ3v) is 4.46. The maximum absolute atomic E-state index is 6.08. The molecule has 0 bridgehead atoms. The summed E-state index contributed by atoms with van der Waals surface area (Å²) < 4.78 is 2.85. The molecule has 0 aliphatic carbocycles. The van der Waals surface area contributed by atoms with Crippen molar-refractivity contribution in [2.45, 2.75) is 33.2 Å². The molecule has 0 aliphatic rings. The fraction of sp³-hybridized carbons (Fsp3) is 0.462. The van der Waals surface area contributed by atoms with Gasteiger partial charge in [-0.1, -0.05) is 49.9 Å². The van der Waals surface area contributed by atoms with Crippen LogP contribution in [0.4, 0.5) is 0 Å². The summed E-state index contributed by atoms with van der Waals surface area (Å²) in [5, 5.41) is 1.12. The Bertz CT molecular complexity index is 611. The molecule has 0 fully saturated rings. The number of nitrogens with one attached hydrogen (secondary N) is 1. The van der Waals surface area contributed by atoms with Gasteiger partial charge < -0.3 is 9.55 Å². The quantitative estimate of drug-likeness (QED) is 0.746. The van der Waals surface area contributed by atoms with Gasteiger partial charge in [0.2, 0.25) is 0 Å². The van der Waals surface area contributed by atoms with Crippen LogP contribution in [0.3, 0.4) is 0 Å². The lowest BCUT2D eigenvalue weighted by Crippen LogP contribution is -2.09. The van der Waals surface area contributed by atoms with Crippen LogP contribution in [0.2, 0.25) is 10.0 Å². The highest BCUT2D eigenvalue weighted by Gasteiger charge is 2.11. The zero-order valence-electron chi connectivity index (χ0n) is 10.5. The van der Waals surface area contributed by atoms with Crippen molar-refractivity contribution in [1.82, 2.24) is 9.55 Å². The van der Waals surface area contributed by atoms with Gasteiger partial charge in [0.1, 0.15) is 0 Å². The van der Waals surface area contributed by atoms with Crippen molar-refractivity contribution >= 4 is 46.5 Å². The van der Waals surface area contributed by atoms with Crippen molar-refractivity contribution in [1.29, 1.82) is 0 Å². The van der Waals surface area contributed by atoms with Crippen LogP contribution >= 0.6 is 35.4 Å². The first-order valence-electron chi connectivity index (χ1n) is 6.14. The number of H-pyrrole nitrogens is 1. The molecule has 18 heavy (non-hydrogen) atoms. The van der Waals surface area contributed by atoms with Crippen molar-refractivity contribution in [2.75, 3.05) is 0 Å². The van der Waals surface area contributed by atoms with E-state index in [1.165, 1.54) is 0 Å². The van der Waals surface area contributed by atoms with Crippen LogP contribution in [0.5, 0.6) is 0 Å². The number of imidazole rings is 1. The van der Waals surface area contributed by atoms with Gasteiger partial charge in [0.25, 0.3) is 0 Å². The van der Waals surface area contributed by atoms with Crippen molar-refractivity contribution in [3.8, 4) is 0 Å². The molecule has 1 aromatic heterocycles. The third kappa shape index (κ3) is 2.58.